The van der Waals surface area contributed by atoms with Gasteiger partial charge in [-0.2, -0.15) is 0 Å². The van der Waals surface area contributed by atoms with E-state index in [4.69, 9.17) is 4.74 Å². The van der Waals surface area contributed by atoms with Gasteiger partial charge in [-0.3, -0.25) is 0 Å². The molecule has 0 bridgehead atoms. The van der Waals surface area contributed by atoms with Crippen molar-refractivity contribution in [3.63, 3.8) is 0 Å². The predicted octanol–water partition coefficient (Wildman–Crippen LogP) is 7.30. The van der Waals surface area contributed by atoms with Crippen LogP contribution in [0.1, 0.15) is 22.3 Å². The lowest BCUT2D eigenvalue weighted by atomic mass is 10.1. The van der Waals surface area contributed by atoms with E-state index in [0.717, 1.165) is 39.3 Å². The molecule has 5 heteroatoms. The van der Waals surface area contributed by atoms with Gasteiger partial charge in [0, 0.05) is 23.1 Å². The Labute approximate surface area is 193 Å². The molecule has 0 heterocycles. The summed E-state index contributed by atoms with van der Waals surface area (Å²) in [5.41, 5.74) is 5.93. The van der Waals surface area contributed by atoms with E-state index in [1.54, 1.807) is 18.2 Å². The highest BCUT2D eigenvalue weighted by Gasteiger charge is 2.16. The standard InChI is InChI=1S/C28H27NO4/c1-17-8-11-27(32)28(20(17)4)33-24-7-5-6-21(16-24)29(22-9-12-25(30)18(2)14-22)23-10-13-26(31)19(3)15-23/h5-16,30-32H,1-4H3. The molecule has 0 amide bonds. The number of ether oxygens (including phenoxy) is 1. The number of aryl methyl sites for hydroxylation is 3. The van der Waals surface area contributed by atoms with E-state index in [1.165, 1.54) is 0 Å². The smallest absolute Gasteiger partial charge is 0.172 e. The maximum atomic E-state index is 10.3. The Balaban J connectivity index is 1.82. The number of rotatable bonds is 5. The molecule has 0 unspecified atom stereocenters. The van der Waals surface area contributed by atoms with Gasteiger partial charge in [-0.1, -0.05) is 12.1 Å². The Morgan fingerprint density at radius 2 is 1.12 bits per heavy atom. The second kappa shape index (κ2) is 8.79. The van der Waals surface area contributed by atoms with Crippen molar-refractivity contribution in [3.8, 4) is 28.7 Å². The summed E-state index contributed by atoms with van der Waals surface area (Å²) >= 11 is 0. The fourth-order valence-corrected chi connectivity index (χ4v) is 3.71. The van der Waals surface area contributed by atoms with Crippen LogP contribution in [-0.4, -0.2) is 15.3 Å². The van der Waals surface area contributed by atoms with Gasteiger partial charge >= 0.3 is 0 Å². The molecule has 0 radical (unpaired) electrons. The summed E-state index contributed by atoms with van der Waals surface area (Å²) in [6, 6.07) is 21.9. The van der Waals surface area contributed by atoms with Crippen LogP contribution in [0.2, 0.25) is 0 Å². The molecule has 5 nitrogen and oxygen atoms in total. The average Bonchev–Trinajstić information content (AvgIpc) is 2.79. The van der Waals surface area contributed by atoms with Crippen LogP contribution < -0.4 is 9.64 Å². The Morgan fingerprint density at radius 1 is 0.576 bits per heavy atom. The van der Waals surface area contributed by atoms with E-state index in [9.17, 15) is 15.3 Å². The number of hydrogen-bond donors (Lipinski definition) is 3. The Bertz CT molecular complexity index is 1280. The summed E-state index contributed by atoms with van der Waals surface area (Å²) in [5.74, 6) is 1.54. The molecule has 0 saturated heterocycles. The Morgan fingerprint density at radius 3 is 1.70 bits per heavy atom. The van der Waals surface area contributed by atoms with Gasteiger partial charge in [0.2, 0.25) is 0 Å². The van der Waals surface area contributed by atoms with Crippen LogP contribution in [0, 0.1) is 27.7 Å². The third-order valence-corrected chi connectivity index (χ3v) is 5.83. The summed E-state index contributed by atoms with van der Waals surface area (Å²) in [6.07, 6.45) is 0. The van der Waals surface area contributed by atoms with Crippen LogP contribution >= 0.6 is 0 Å². The molecule has 0 spiro atoms. The van der Waals surface area contributed by atoms with Gasteiger partial charge < -0.3 is 25.0 Å². The van der Waals surface area contributed by atoms with Gasteiger partial charge in [0.25, 0.3) is 0 Å². The van der Waals surface area contributed by atoms with Gasteiger partial charge in [-0.15, -0.1) is 0 Å². The van der Waals surface area contributed by atoms with Crippen molar-refractivity contribution in [3.05, 3.63) is 95.1 Å². The fourth-order valence-electron chi connectivity index (χ4n) is 3.71. The third-order valence-electron chi connectivity index (χ3n) is 5.83. The topological polar surface area (TPSA) is 73.2 Å². The zero-order valence-corrected chi connectivity index (χ0v) is 19.1. The predicted molar refractivity (Wildman–Crippen MR) is 132 cm³/mol. The molecule has 4 rings (SSSR count). The van der Waals surface area contributed by atoms with Crippen LogP contribution in [0.5, 0.6) is 28.7 Å². The number of anilines is 3. The van der Waals surface area contributed by atoms with Crippen molar-refractivity contribution in [1.29, 1.82) is 0 Å². The highest BCUT2D eigenvalue weighted by atomic mass is 16.5. The number of phenols is 3. The SMILES string of the molecule is Cc1cc(N(c2cccc(Oc3c(O)ccc(C)c3C)c2)c2ccc(O)c(C)c2)ccc1O. The lowest BCUT2D eigenvalue weighted by Gasteiger charge is -2.27. The lowest BCUT2D eigenvalue weighted by molar-refractivity contribution is 0.408. The first-order chi connectivity index (χ1) is 15.7. The lowest BCUT2D eigenvalue weighted by Crippen LogP contribution is -2.10. The number of hydrogen-bond acceptors (Lipinski definition) is 5. The van der Waals surface area contributed by atoms with Gasteiger partial charge in [0.15, 0.2) is 11.5 Å². The summed E-state index contributed by atoms with van der Waals surface area (Å²) < 4.78 is 6.11. The summed E-state index contributed by atoms with van der Waals surface area (Å²) in [7, 11) is 0. The minimum absolute atomic E-state index is 0.0867. The first-order valence-electron chi connectivity index (χ1n) is 10.7. The molecule has 0 aliphatic rings. The minimum atomic E-state index is 0.0867. The molecule has 0 saturated carbocycles. The molecule has 3 N–H and O–H groups in total. The summed E-state index contributed by atoms with van der Waals surface area (Å²) in [6.45, 7) is 7.59. The molecule has 4 aromatic rings. The summed E-state index contributed by atoms with van der Waals surface area (Å²) in [5, 5.41) is 30.4. The first-order valence-corrected chi connectivity index (χ1v) is 10.7. The van der Waals surface area contributed by atoms with Gasteiger partial charge in [0.05, 0.1) is 0 Å². The zero-order chi connectivity index (χ0) is 23.7. The van der Waals surface area contributed by atoms with Crippen LogP contribution in [0.25, 0.3) is 0 Å². The van der Waals surface area contributed by atoms with Crippen LogP contribution in [0.4, 0.5) is 17.1 Å². The molecular weight excluding hydrogens is 414 g/mol. The van der Waals surface area contributed by atoms with Gasteiger partial charge in [-0.05, 0) is 105 Å². The normalized spacial score (nSPS) is 10.8. The molecular formula is C28H27NO4. The molecule has 168 valence electrons. The van der Waals surface area contributed by atoms with Crippen LogP contribution in [0.3, 0.4) is 0 Å². The van der Waals surface area contributed by atoms with Crippen LogP contribution in [-0.2, 0) is 0 Å². The quantitative estimate of drug-likeness (QED) is 0.303. The van der Waals surface area contributed by atoms with E-state index in [1.807, 2.05) is 87.2 Å². The van der Waals surface area contributed by atoms with Crippen molar-refractivity contribution >= 4 is 17.1 Å². The van der Waals surface area contributed by atoms with Crippen molar-refractivity contribution in [2.24, 2.45) is 0 Å². The zero-order valence-electron chi connectivity index (χ0n) is 19.1. The van der Waals surface area contributed by atoms with Gasteiger partial charge in [0.1, 0.15) is 17.2 Å². The van der Waals surface area contributed by atoms with Crippen molar-refractivity contribution < 1.29 is 20.1 Å². The summed E-state index contributed by atoms with van der Waals surface area (Å²) in [4.78, 5) is 2.02. The maximum absolute atomic E-state index is 10.3. The van der Waals surface area contributed by atoms with Crippen molar-refractivity contribution in [2.75, 3.05) is 4.90 Å². The fraction of sp³-hybridized carbons (Fsp3) is 0.143. The molecule has 0 aromatic heterocycles. The third kappa shape index (κ3) is 4.44. The van der Waals surface area contributed by atoms with E-state index in [2.05, 4.69) is 0 Å². The van der Waals surface area contributed by atoms with E-state index in [0.29, 0.717) is 11.5 Å². The van der Waals surface area contributed by atoms with Crippen molar-refractivity contribution in [2.45, 2.75) is 27.7 Å². The van der Waals surface area contributed by atoms with E-state index < -0.39 is 0 Å². The maximum Gasteiger partial charge on any atom is 0.172 e. The largest absolute Gasteiger partial charge is 0.508 e. The first kappa shape index (κ1) is 22.1. The van der Waals surface area contributed by atoms with E-state index in [-0.39, 0.29) is 17.2 Å². The molecule has 4 aromatic carbocycles. The second-order valence-electron chi connectivity index (χ2n) is 8.23. The van der Waals surface area contributed by atoms with E-state index >= 15 is 0 Å². The minimum Gasteiger partial charge on any atom is -0.508 e. The van der Waals surface area contributed by atoms with Gasteiger partial charge in [-0.25, -0.2) is 0 Å². The second-order valence-corrected chi connectivity index (χ2v) is 8.23. The average molecular weight is 442 g/mol. The molecule has 0 aliphatic heterocycles. The molecule has 33 heavy (non-hydrogen) atoms. The Hall–Kier alpha value is -4.12. The number of benzene rings is 4. The van der Waals surface area contributed by atoms with Crippen molar-refractivity contribution in [1.82, 2.24) is 0 Å². The molecule has 0 atom stereocenters. The van der Waals surface area contributed by atoms with Crippen LogP contribution in [0.15, 0.2) is 72.8 Å². The number of nitrogens with zero attached hydrogens (tertiary/aromatic N) is 1. The Kier molecular flexibility index (Phi) is 5.88. The highest BCUT2D eigenvalue weighted by Crippen LogP contribution is 2.41. The number of aromatic hydroxyl groups is 3. The number of phenolic OH excluding ortho intramolecular Hbond substituents is 3. The highest BCUT2D eigenvalue weighted by molar-refractivity contribution is 5.78. The monoisotopic (exact) mass is 441 g/mol. The molecule has 0 fully saturated rings. The molecule has 0 aliphatic carbocycles.